The Bertz CT molecular complexity index is 1100. The zero-order chi connectivity index (χ0) is 19.1. The van der Waals surface area contributed by atoms with Crippen LogP contribution < -0.4 is 5.56 Å². The monoisotopic (exact) mass is 382 g/mol. The van der Waals surface area contributed by atoms with Gasteiger partial charge in [-0.3, -0.25) is 4.79 Å². The molecule has 0 spiro atoms. The van der Waals surface area contributed by atoms with E-state index in [1.54, 1.807) is 6.92 Å². The topological polar surface area (TPSA) is 72.0 Å². The molecule has 1 aromatic carbocycles. The molecule has 1 N–H and O–H groups in total. The van der Waals surface area contributed by atoms with Crippen molar-refractivity contribution >= 4 is 27.5 Å². The third-order valence-corrected chi connectivity index (χ3v) is 6.41. The molecule has 5 nitrogen and oxygen atoms in total. The molecule has 0 saturated heterocycles. The number of fused-ring (bicyclic) bond motifs is 2. The Morgan fingerprint density at radius 3 is 2.74 bits per heavy atom. The smallest absolute Gasteiger partial charge is 0.338 e. The zero-order valence-electron chi connectivity index (χ0n) is 15.7. The number of rotatable bonds is 3. The molecule has 0 saturated carbocycles. The van der Waals surface area contributed by atoms with Gasteiger partial charge in [0, 0.05) is 4.88 Å². The Balaban J connectivity index is 1.58. The van der Waals surface area contributed by atoms with E-state index in [1.165, 1.54) is 28.9 Å². The van der Waals surface area contributed by atoms with E-state index < -0.39 is 12.1 Å². The molecule has 0 unspecified atom stereocenters. The Morgan fingerprint density at radius 1 is 1.22 bits per heavy atom. The van der Waals surface area contributed by atoms with Crippen LogP contribution in [0.1, 0.15) is 63.6 Å². The van der Waals surface area contributed by atoms with Crippen molar-refractivity contribution in [1.29, 1.82) is 0 Å². The molecular formula is C21H22N2O3S. The zero-order valence-corrected chi connectivity index (χ0v) is 16.5. The summed E-state index contributed by atoms with van der Waals surface area (Å²) in [6.45, 7) is 5.62. The first-order valence-corrected chi connectivity index (χ1v) is 10.1. The van der Waals surface area contributed by atoms with Gasteiger partial charge >= 0.3 is 5.97 Å². The molecule has 2 aromatic heterocycles. The van der Waals surface area contributed by atoms with Crippen LogP contribution in [0.2, 0.25) is 0 Å². The molecule has 0 radical (unpaired) electrons. The van der Waals surface area contributed by atoms with Crippen molar-refractivity contribution in [2.24, 2.45) is 0 Å². The number of benzene rings is 1. The first-order valence-electron chi connectivity index (χ1n) is 9.26. The number of thiophene rings is 1. The van der Waals surface area contributed by atoms with Gasteiger partial charge in [-0.2, -0.15) is 0 Å². The molecule has 0 bridgehead atoms. The standard InChI is InChI=1S/C21H22N2O3S/c1-11-13(3)27-20-17(11)19(24)22-18(23-20)12(2)26-21(25)16-9-8-14-6-4-5-7-15(14)10-16/h8-10,12H,4-7H2,1-3H3,(H,22,23,24)/t12-/m0/s1. The fraction of sp³-hybridized carbons (Fsp3) is 0.381. The second kappa shape index (κ2) is 6.93. The average Bonchev–Trinajstić information content (AvgIpc) is 2.95. The summed E-state index contributed by atoms with van der Waals surface area (Å²) in [6.07, 6.45) is 3.82. The van der Waals surface area contributed by atoms with Crippen LogP contribution in [-0.2, 0) is 17.6 Å². The van der Waals surface area contributed by atoms with Crippen molar-refractivity contribution in [3.63, 3.8) is 0 Å². The highest BCUT2D eigenvalue weighted by Crippen LogP contribution is 2.27. The number of nitrogens with one attached hydrogen (secondary N) is 1. The van der Waals surface area contributed by atoms with Crippen molar-refractivity contribution in [3.05, 3.63) is 61.5 Å². The first kappa shape index (κ1) is 17.9. The third kappa shape index (κ3) is 3.30. The molecule has 1 atom stereocenters. The summed E-state index contributed by atoms with van der Waals surface area (Å²) < 4.78 is 5.59. The number of carbonyl (C=O) groups is 1. The Labute approximate surface area is 161 Å². The number of aromatic nitrogens is 2. The summed E-state index contributed by atoms with van der Waals surface area (Å²) in [5, 5.41) is 0.620. The first-order chi connectivity index (χ1) is 12.9. The van der Waals surface area contributed by atoms with E-state index in [0.29, 0.717) is 21.6 Å². The highest BCUT2D eigenvalue weighted by molar-refractivity contribution is 7.18. The Kier molecular flexibility index (Phi) is 4.60. The minimum atomic E-state index is -0.631. The molecule has 27 heavy (non-hydrogen) atoms. The van der Waals surface area contributed by atoms with Gasteiger partial charge in [0.25, 0.3) is 5.56 Å². The van der Waals surface area contributed by atoms with Crippen molar-refractivity contribution in [3.8, 4) is 0 Å². The van der Waals surface area contributed by atoms with Crippen LogP contribution in [0.4, 0.5) is 0 Å². The molecule has 2 heterocycles. The lowest BCUT2D eigenvalue weighted by Gasteiger charge is -2.17. The average molecular weight is 382 g/mol. The van der Waals surface area contributed by atoms with Gasteiger partial charge in [0.15, 0.2) is 11.9 Å². The van der Waals surface area contributed by atoms with E-state index in [-0.39, 0.29) is 5.56 Å². The maximum atomic E-state index is 12.6. The van der Waals surface area contributed by atoms with Crippen molar-refractivity contribution in [2.75, 3.05) is 0 Å². The van der Waals surface area contributed by atoms with E-state index in [0.717, 1.165) is 29.7 Å². The van der Waals surface area contributed by atoms with Gasteiger partial charge in [-0.05, 0) is 75.3 Å². The largest absolute Gasteiger partial charge is 0.451 e. The fourth-order valence-electron chi connectivity index (χ4n) is 3.61. The predicted octanol–water partition coefficient (Wildman–Crippen LogP) is 4.40. The summed E-state index contributed by atoms with van der Waals surface area (Å²) >= 11 is 1.48. The highest BCUT2D eigenvalue weighted by atomic mass is 32.1. The van der Waals surface area contributed by atoms with Gasteiger partial charge < -0.3 is 9.72 Å². The molecule has 1 aliphatic carbocycles. The maximum Gasteiger partial charge on any atom is 0.338 e. The Hall–Kier alpha value is -2.47. The number of esters is 1. The van der Waals surface area contributed by atoms with Crippen LogP contribution in [0.3, 0.4) is 0 Å². The van der Waals surface area contributed by atoms with Gasteiger partial charge in [0.1, 0.15) is 4.83 Å². The van der Waals surface area contributed by atoms with Crippen LogP contribution in [0, 0.1) is 13.8 Å². The summed E-state index contributed by atoms with van der Waals surface area (Å²) in [6, 6.07) is 5.79. The number of hydrogen-bond donors (Lipinski definition) is 1. The normalized spacial score (nSPS) is 14.8. The van der Waals surface area contributed by atoms with Gasteiger partial charge in [-0.1, -0.05) is 6.07 Å². The lowest BCUT2D eigenvalue weighted by molar-refractivity contribution is 0.0320. The summed E-state index contributed by atoms with van der Waals surface area (Å²) in [4.78, 5) is 34.1. The number of carbonyl (C=O) groups excluding carboxylic acids is 1. The van der Waals surface area contributed by atoms with Gasteiger partial charge in [-0.25, -0.2) is 9.78 Å². The van der Waals surface area contributed by atoms with Crippen LogP contribution in [0.5, 0.6) is 0 Å². The molecule has 3 aromatic rings. The number of aromatic amines is 1. The molecule has 4 rings (SSSR count). The van der Waals surface area contributed by atoms with Crippen molar-refractivity contribution < 1.29 is 9.53 Å². The van der Waals surface area contributed by atoms with E-state index in [9.17, 15) is 9.59 Å². The van der Waals surface area contributed by atoms with E-state index in [1.807, 2.05) is 32.0 Å². The molecule has 0 amide bonds. The quantitative estimate of drug-likeness (QED) is 0.682. The SMILES string of the molecule is Cc1sc2nc([C@H](C)OC(=O)c3ccc4c(c3)CCCC4)[nH]c(=O)c2c1C. The second-order valence-electron chi connectivity index (χ2n) is 7.15. The number of H-pyrrole nitrogens is 1. The minimum absolute atomic E-state index is 0.187. The van der Waals surface area contributed by atoms with Gasteiger partial charge in [-0.15, -0.1) is 11.3 Å². The van der Waals surface area contributed by atoms with Gasteiger partial charge in [0.05, 0.1) is 10.9 Å². The third-order valence-electron chi connectivity index (χ3n) is 5.31. The van der Waals surface area contributed by atoms with E-state index in [4.69, 9.17) is 4.74 Å². The fourth-order valence-corrected chi connectivity index (χ4v) is 4.65. The summed E-state index contributed by atoms with van der Waals surface area (Å²) in [5.74, 6) is -0.0165. The van der Waals surface area contributed by atoms with Crippen LogP contribution in [0.15, 0.2) is 23.0 Å². The van der Waals surface area contributed by atoms with Crippen LogP contribution in [0.25, 0.3) is 10.2 Å². The Morgan fingerprint density at radius 2 is 1.96 bits per heavy atom. The molecule has 1 aliphatic rings. The number of hydrogen-bond acceptors (Lipinski definition) is 5. The summed E-state index contributed by atoms with van der Waals surface area (Å²) in [5.41, 5.74) is 3.88. The van der Waals surface area contributed by atoms with Crippen molar-refractivity contribution in [1.82, 2.24) is 9.97 Å². The molecule has 6 heteroatoms. The molecule has 0 aliphatic heterocycles. The van der Waals surface area contributed by atoms with Crippen molar-refractivity contribution in [2.45, 2.75) is 52.6 Å². The lowest BCUT2D eigenvalue weighted by Crippen LogP contribution is -2.17. The van der Waals surface area contributed by atoms with Crippen LogP contribution in [-0.4, -0.2) is 15.9 Å². The summed E-state index contributed by atoms with van der Waals surface area (Å²) in [7, 11) is 0. The lowest BCUT2D eigenvalue weighted by atomic mass is 9.90. The number of ether oxygens (including phenoxy) is 1. The van der Waals surface area contributed by atoms with Crippen LogP contribution >= 0.6 is 11.3 Å². The highest BCUT2D eigenvalue weighted by Gasteiger charge is 2.20. The predicted molar refractivity (Wildman–Crippen MR) is 107 cm³/mol. The van der Waals surface area contributed by atoms with E-state index in [2.05, 4.69) is 9.97 Å². The molecule has 140 valence electrons. The van der Waals surface area contributed by atoms with Gasteiger partial charge in [0.2, 0.25) is 0 Å². The molecule has 0 fully saturated rings. The second-order valence-corrected chi connectivity index (χ2v) is 8.36. The maximum absolute atomic E-state index is 12.6. The minimum Gasteiger partial charge on any atom is -0.451 e. The number of aryl methyl sites for hydroxylation is 4. The van der Waals surface area contributed by atoms with E-state index >= 15 is 0 Å². The molecular weight excluding hydrogens is 360 g/mol. The number of nitrogens with zero attached hydrogens (tertiary/aromatic N) is 1.